The van der Waals surface area contributed by atoms with E-state index in [1.165, 1.54) is 5.57 Å². The highest BCUT2D eigenvalue weighted by Crippen LogP contribution is 2.13. The molecule has 0 aliphatic heterocycles. The molecule has 0 rings (SSSR count). The van der Waals surface area contributed by atoms with Crippen molar-refractivity contribution < 1.29 is 0 Å². The van der Waals surface area contributed by atoms with Gasteiger partial charge in [-0.1, -0.05) is 32.4 Å². The van der Waals surface area contributed by atoms with Gasteiger partial charge in [0.1, 0.15) is 0 Å². The topological polar surface area (TPSA) is 12.0 Å². The first-order chi connectivity index (χ1) is 5.49. The zero-order chi connectivity index (χ0) is 9.72. The van der Waals surface area contributed by atoms with E-state index in [4.69, 9.17) is 0 Å². The smallest absolute Gasteiger partial charge is 0.0104 e. The minimum Gasteiger partial charge on any atom is -0.311 e. The minimum absolute atomic E-state index is 0.571. The number of hydrogen-bond donors (Lipinski definition) is 1. The van der Waals surface area contributed by atoms with Gasteiger partial charge in [-0.15, -0.1) is 0 Å². The maximum absolute atomic E-state index is 3.52. The van der Waals surface area contributed by atoms with Gasteiger partial charge < -0.3 is 5.32 Å². The molecule has 72 valence electrons. The molecule has 0 saturated heterocycles. The third kappa shape index (κ3) is 3.91. The van der Waals surface area contributed by atoms with Crippen molar-refractivity contribution in [2.24, 2.45) is 5.92 Å². The lowest BCUT2D eigenvalue weighted by Gasteiger charge is -2.24. The van der Waals surface area contributed by atoms with Gasteiger partial charge in [0.25, 0.3) is 0 Å². The fourth-order valence-electron chi connectivity index (χ4n) is 1.33. The second kappa shape index (κ2) is 5.36. The third-order valence-corrected chi connectivity index (χ3v) is 2.52. The predicted molar refractivity (Wildman–Crippen MR) is 56.3 cm³/mol. The molecule has 0 fully saturated rings. The van der Waals surface area contributed by atoms with Gasteiger partial charge in [0.2, 0.25) is 0 Å². The summed E-state index contributed by atoms with van der Waals surface area (Å²) < 4.78 is 0. The molecule has 1 heteroatoms. The molecule has 0 aromatic rings. The van der Waals surface area contributed by atoms with E-state index in [0.29, 0.717) is 18.0 Å². The van der Waals surface area contributed by atoms with Gasteiger partial charge in [-0.25, -0.2) is 0 Å². The van der Waals surface area contributed by atoms with Crippen molar-refractivity contribution in [2.75, 3.05) is 0 Å². The van der Waals surface area contributed by atoms with E-state index in [1.807, 2.05) is 0 Å². The lowest BCUT2D eigenvalue weighted by molar-refractivity contribution is 0.409. The van der Waals surface area contributed by atoms with Crippen LogP contribution in [0.1, 0.15) is 41.5 Å². The highest BCUT2D eigenvalue weighted by Gasteiger charge is 2.13. The normalized spacial score (nSPS) is 18.1. The third-order valence-electron chi connectivity index (χ3n) is 2.52. The van der Waals surface area contributed by atoms with Crippen LogP contribution in [0.4, 0.5) is 0 Å². The number of hydrogen-bond acceptors (Lipinski definition) is 1. The highest BCUT2D eigenvalue weighted by atomic mass is 14.9. The molecule has 1 nitrogen and oxygen atoms in total. The van der Waals surface area contributed by atoms with Gasteiger partial charge in [-0.05, 0) is 26.7 Å². The van der Waals surface area contributed by atoms with E-state index in [2.05, 4.69) is 52.9 Å². The molecule has 0 aromatic heterocycles. The maximum atomic E-state index is 3.52. The Morgan fingerprint density at radius 1 is 1.17 bits per heavy atom. The molecular formula is C11H23N. The summed E-state index contributed by atoms with van der Waals surface area (Å²) in [5.74, 6) is 0.636. The molecule has 0 amide bonds. The number of nitrogens with one attached hydrogen (secondary N) is 1. The van der Waals surface area contributed by atoms with Crippen molar-refractivity contribution in [3.8, 4) is 0 Å². The Kier molecular flexibility index (Phi) is 5.23. The van der Waals surface area contributed by atoms with Crippen molar-refractivity contribution in [2.45, 2.75) is 53.6 Å². The lowest BCUT2D eigenvalue weighted by Crippen LogP contribution is -2.37. The van der Waals surface area contributed by atoms with Crippen LogP contribution in [0, 0.1) is 5.92 Å². The van der Waals surface area contributed by atoms with Crippen molar-refractivity contribution in [3.63, 3.8) is 0 Å². The Morgan fingerprint density at radius 2 is 1.67 bits per heavy atom. The first-order valence-corrected chi connectivity index (χ1v) is 4.87. The van der Waals surface area contributed by atoms with Crippen molar-refractivity contribution in [3.05, 3.63) is 11.6 Å². The van der Waals surface area contributed by atoms with Gasteiger partial charge in [0.05, 0.1) is 0 Å². The fourth-order valence-corrected chi connectivity index (χ4v) is 1.33. The molecule has 12 heavy (non-hydrogen) atoms. The Balaban J connectivity index is 4.01. The van der Waals surface area contributed by atoms with Gasteiger partial charge in [0.15, 0.2) is 0 Å². The molecule has 2 atom stereocenters. The van der Waals surface area contributed by atoms with E-state index in [9.17, 15) is 0 Å². The van der Waals surface area contributed by atoms with Crippen LogP contribution in [0.3, 0.4) is 0 Å². The Labute approximate surface area is 77.2 Å². The van der Waals surface area contributed by atoms with Crippen molar-refractivity contribution in [1.82, 2.24) is 5.32 Å². The Hall–Kier alpha value is -0.300. The molecule has 0 bridgehead atoms. The quantitative estimate of drug-likeness (QED) is 0.638. The van der Waals surface area contributed by atoms with E-state index < -0.39 is 0 Å². The average molecular weight is 169 g/mol. The molecule has 0 aliphatic carbocycles. The van der Waals surface area contributed by atoms with Crippen LogP contribution < -0.4 is 5.32 Å². The van der Waals surface area contributed by atoms with Gasteiger partial charge in [0, 0.05) is 12.1 Å². The molecule has 2 unspecified atom stereocenters. The van der Waals surface area contributed by atoms with E-state index in [-0.39, 0.29) is 0 Å². The molecule has 0 heterocycles. The second-order valence-electron chi connectivity index (χ2n) is 3.93. The van der Waals surface area contributed by atoms with Crippen LogP contribution in [0.15, 0.2) is 11.6 Å². The van der Waals surface area contributed by atoms with Gasteiger partial charge in [-0.3, -0.25) is 0 Å². The molecule has 0 spiro atoms. The Bertz CT molecular complexity index is 147. The number of rotatable bonds is 4. The SMILES string of the molecule is CC=C(C)C(C)C(C)NC(C)C. The Morgan fingerprint density at radius 3 is 2.00 bits per heavy atom. The summed E-state index contributed by atoms with van der Waals surface area (Å²) in [4.78, 5) is 0. The predicted octanol–water partition coefficient (Wildman–Crippen LogP) is 2.98. The molecule has 0 radical (unpaired) electrons. The zero-order valence-corrected chi connectivity index (χ0v) is 9.31. The van der Waals surface area contributed by atoms with Crippen LogP contribution in [-0.4, -0.2) is 12.1 Å². The van der Waals surface area contributed by atoms with Crippen LogP contribution in [0.5, 0.6) is 0 Å². The summed E-state index contributed by atoms with van der Waals surface area (Å²) in [6, 6.07) is 1.15. The van der Waals surface area contributed by atoms with Crippen LogP contribution in [-0.2, 0) is 0 Å². The van der Waals surface area contributed by atoms with E-state index in [1.54, 1.807) is 0 Å². The fraction of sp³-hybridized carbons (Fsp3) is 0.818. The van der Waals surface area contributed by atoms with E-state index >= 15 is 0 Å². The molecule has 0 aromatic carbocycles. The summed E-state index contributed by atoms with van der Waals surface area (Å²) in [5.41, 5.74) is 1.47. The zero-order valence-electron chi connectivity index (χ0n) is 9.31. The van der Waals surface area contributed by atoms with Gasteiger partial charge >= 0.3 is 0 Å². The van der Waals surface area contributed by atoms with Crippen LogP contribution >= 0.6 is 0 Å². The van der Waals surface area contributed by atoms with Crippen molar-refractivity contribution in [1.29, 1.82) is 0 Å². The summed E-state index contributed by atoms with van der Waals surface area (Å²) in [6.07, 6.45) is 2.20. The summed E-state index contributed by atoms with van der Waals surface area (Å²) in [5, 5.41) is 3.52. The van der Waals surface area contributed by atoms with Crippen LogP contribution in [0.25, 0.3) is 0 Å². The lowest BCUT2D eigenvalue weighted by atomic mass is 9.95. The maximum Gasteiger partial charge on any atom is 0.0104 e. The summed E-state index contributed by atoms with van der Waals surface area (Å²) in [7, 11) is 0. The minimum atomic E-state index is 0.571. The first kappa shape index (κ1) is 11.7. The molecule has 0 saturated carbocycles. The molecule has 0 aliphatic rings. The van der Waals surface area contributed by atoms with E-state index in [0.717, 1.165) is 0 Å². The largest absolute Gasteiger partial charge is 0.311 e. The average Bonchev–Trinajstić information content (AvgIpc) is 2.00. The van der Waals surface area contributed by atoms with Crippen molar-refractivity contribution >= 4 is 0 Å². The monoisotopic (exact) mass is 169 g/mol. The summed E-state index contributed by atoms with van der Waals surface area (Å²) in [6.45, 7) is 13.2. The highest BCUT2D eigenvalue weighted by molar-refractivity contribution is 5.03. The second-order valence-corrected chi connectivity index (χ2v) is 3.93. The molecule has 1 N–H and O–H groups in total. The number of allylic oxidation sites excluding steroid dienone is 1. The van der Waals surface area contributed by atoms with Crippen LogP contribution in [0.2, 0.25) is 0 Å². The molecular weight excluding hydrogens is 146 g/mol. The first-order valence-electron chi connectivity index (χ1n) is 4.87. The van der Waals surface area contributed by atoms with Gasteiger partial charge in [-0.2, -0.15) is 0 Å². The standard InChI is InChI=1S/C11H23N/c1-7-9(4)10(5)11(6)12-8(2)3/h7-8,10-12H,1-6H3. The summed E-state index contributed by atoms with van der Waals surface area (Å²) >= 11 is 0.